The minimum absolute atomic E-state index is 0. The van der Waals surface area contributed by atoms with E-state index in [1.807, 2.05) is 0 Å². The van der Waals surface area contributed by atoms with Gasteiger partial charge >= 0.3 is 0 Å². The smallest absolute Gasteiger partial charge is 0.141 e. The van der Waals surface area contributed by atoms with Crippen LogP contribution in [0.4, 0.5) is 11.4 Å². The van der Waals surface area contributed by atoms with E-state index in [4.69, 9.17) is 11.6 Å². The summed E-state index contributed by atoms with van der Waals surface area (Å²) in [5.74, 6) is 0. The van der Waals surface area contributed by atoms with Gasteiger partial charge in [0.2, 0.25) is 0 Å². The van der Waals surface area contributed by atoms with Gasteiger partial charge in [0.1, 0.15) is 11.9 Å². The maximum absolute atomic E-state index is 7.03. The molecular formula is C32H38Cl2N2. The van der Waals surface area contributed by atoms with Gasteiger partial charge in [-0.05, 0) is 60.3 Å². The highest BCUT2D eigenvalue weighted by Gasteiger charge is 2.45. The van der Waals surface area contributed by atoms with Crippen molar-refractivity contribution >= 4 is 23.0 Å². The molecule has 0 spiro atoms. The predicted molar refractivity (Wildman–Crippen MR) is 152 cm³/mol. The lowest BCUT2D eigenvalue weighted by atomic mass is 9.83. The molecule has 0 N–H and O–H groups in total. The Morgan fingerprint density at radius 3 is 2.31 bits per heavy atom. The molecule has 2 heterocycles. The van der Waals surface area contributed by atoms with Gasteiger partial charge in [-0.15, -0.1) is 0 Å². The minimum Gasteiger partial charge on any atom is -1.00 e. The van der Waals surface area contributed by atoms with E-state index in [1.165, 1.54) is 39.3 Å². The zero-order chi connectivity index (χ0) is 25.0. The second-order valence-electron chi connectivity index (χ2n) is 11.8. The summed E-state index contributed by atoms with van der Waals surface area (Å²) in [7, 11) is 4.49. The first-order valence-corrected chi connectivity index (χ1v) is 13.2. The molecule has 36 heavy (non-hydrogen) atoms. The largest absolute Gasteiger partial charge is 1.00 e. The van der Waals surface area contributed by atoms with Crippen LogP contribution in [0.2, 0.25) is 0 Å². The highest BCUT2D eigenvalue weighted by atomic mass is 35.5. The zero-order valence-corrected chi connectivity index (χ0v) is 23.9. The van der Waals surface area contributed by atoms with Crippen LogP contribution in [0.1, 0.15) is 58.1 Å². The molecule has 0 radical (unpaired) electrons. The van der Waals surface area contributed by atoms with Gasteiger partial charge in [0.15, 0.2) is 0 Å². The summed E-state index contributed by atoms with van der Waals surface area (Å²) in [4.78, 5) is 2.32. The molecule has 5 rings (SSSR count). The molecule has 0 bridgehead atoms. The van der Waals surface area contributed by atoms with Gasteiger partial charge in [-0.2, -0.15) is 0 Å². The molecule has 0 aromatic heterocycles. The van der Waals surface area contributed by atoms with Crippen LogP contribution in [0.5, 0.6) is 0 Å². The van der Waals surface area contributed by atoms with E-state index in [2.05, 4.69) is 120 Å². The Hall–Kier alpha value is -2.26. The lowest BCUT2D eigenvalue weighted by Gasteiger charge is -2.27. The maximum Gasteiger partial charge on any atom is 0.141 e. The van der Waals surface area contributed by atoms with Crippen molar-refractivity contribution in [1.29, 1.82) is 0 Å². The first kappa shape index (κ1) is 26.8. The normalized spacial score (nSPS) is 26.5. The van der Waals surface area contributed by atoms with Crippen LogP contribution in [-0.4, -0.2) is 20.6 Å². The molecule has 4 heteroatoms. The van der Waals surface area contributed by atoms with Crippen molar-refractivity contribution in [3.05, 3.63) is 106 Å². The summed E-state index contributed by atoms with van der Waals surface area (Å²) in [6, 6.07) is 17.6. The van der Waals surface area contributed by atoms with Crippen molar-refractivity contribution in [3.8, 4) is 0 Å². The van der Waals surface area contributed by atoms with E-state index in [1.54, 1.807) is 0 Å². The molecule has 0 fully saturated rings. The van der Waals surface area contributed by atoms with Gasteiger partial charge < -0.3 is 17.3 Å². The molecule has 2 aromatic carbocycles. The van der Waals surface area contributed by atoms with E-state index >= 15 is 0 Å². The van der Waals surface area contributed by atoms with Gasteiger partial charge in [-0.1, -0.05) is 81.8 Å². The molecule has 1 unspecified atom stereocenters. The number of nitrogens with zero attached hydrogens (tertiary/aromatic N) is 2. The number of quaternary nitrogens is 1. The molecule has 0 saturated heterocycles. The van der Waals surface area contributed by atoms with Crippen LogP contribution < -0.4 is 21.8 Å². The number of hydrogen-bond donors (Lipinski definition) is 0. The fourth-order valence-corrected chi connectivity index (χ4v) is 6.87. The van der Waals surface area contributed by atoms with Crippen LogP contribution in [0.25, 0.3) is 0 Å². The Bertz CT molecular complexity index is 1290. The quantitative estimate of drug-likeness (QED) is 0.493. The molecule has 1 atom stereocenters. The topological polar surface area (TPSA) is 3.24 Å². The van der Waals surface area contributed by atoms with E-state index in [-0.39, 0.29) is 23.2 Å². The van der Waals surface area contributed by atoms with Crippen LogP contribution in [-0.2, 0) is 10.8 Å². The molecule has 2 aliphatic heterocycles. The van der Waals surface area contributed by atoms with Crippen molar-refractivity contribution < 1.29 is 12.4 Å². The Kier molecular flexibility index (Phi) is 7.11. The summed E-state index contributed by atoms with van der Waals surface area (Å²) >= 11 is 7.03. The lowest BCUT2D eigenvalue weighted by Crippen LogP contribution is -3.00. The Labute approximate surface area is 228 Å². The first-order valence-electron chi connectivity index (χ1n) is 12.8. The predicted octanol–water partition coefficient (Wildman–Crippen LogP) is 5.35. The van der Waals surface area contributed by atoms with Crippen LogP contribution in [0.3, 0.4) is 0 Å². The summed E-state index contributed by atoms with van der Waals surface area (Å²) in [5, 5.41) is 0.929. The second-order valence-corrected chi connectivity index (χ2v) is 12.2. The van der Waals surface area contributed by atoms with Crippen molar-refractivity contribution in [2.24, 2.45) is 0 Å². The fourth-order valence-electron chi connectivity index (χ4n) is 6.56. The van der Waals surface area contributed by atoms with Gasteiger partial charge in [-0.3, -0.25) is 4.48 Å². The minimum atomic E-state index is -0.0231. The highest BCUT2D eigenvalue weighted by molar-refractivity contribution is 6.32. The lowest BCUT2D eigenvalue weighted by molar-refractivity contribution is -0.00000762. The van der Waals surface area contributed by atoms with Crippen LogP contribution in [0, 0.1) is 0 Å². The summed E-state index contributed by atoms with van der Waals surface area (Å²) in [6.45, 7) is 10.4. The van der Waals surface area contributed by atoms with E-state index in [0.717, 1.165) is 35.3 Å². The number of fused-ring (bicyclic) bond motifs is 2. The Morgan fingerprint density at radius 2 is 1.58 bits per heavy atom. The van der Waals surface area contributed by atoms with Gasteiger partial charge in [-0.25, -0.2) is 0 Å². The van der Waals surface area contributed by atoms with E-state index in [9.17, 15) is 0 Å². The Morgan fingerprint density at radius 1 is 0.917 bits per heavy atom. The van der Waals surface area contributed by atoms with Crippen molar-refractivity contribution in [2.75, 3.05) is 25.5 Å². The summed E-state index contributed by atoms with van der Waals surface area (Å²) in [6.07, 6.45) is 12.4. The number of anilines is 1. The van der Waals surface area contributed by atoms with Gasteiger partial charge in [0.25, 0.3) is 0 Å². The van der Waals surface area contributed by atoms with Gasteiger partial charge in [0, 0.05) is 39.9 Å². The molecule has 190 valence electrons. The standard InChI is InChI=1S/C32H38ClN2.ClH/c1-31(2)22-35(6,28-17-10-8-15-26(28)31)21-20-24-13-11-12-23(30(24)33)18-19-29-32(3,4)25-14-7-9-16-27(25)34(29)5;/h7-10,14-21H,11-13,22H2,1-6H3;1H/q+1;/p-1. The third-order valence-corrected chi connectivity index (χ3v) is 8.84. The SMILES string of the molecule is CN1C(=CC=C2CCCC(C=C[N+]3(C)CC(C)(C)c4ccccc43)=C2Cl)C(C)(C)c2ccccc21.[Cl-]. The molecule has 2 nitrogen and oxygen atoms in total. The molecule has 3 aliphatic rings. The Balaban J connectivity index is 0.00000304. The average molecular weight is 522 g/mol. The second kappa shape index (κ2) is 9.56. The number of para-hydroxylation sites is 2. The number of halogens is 2. The molecule has 0 amide bonds. The average Bonchev–Trinajstić information content (AvgIpc) is 3.16. The highest BCUT2D eigenvalue weighted by Crippen LogP contribution is 2.47. The third kappa shape index (κ3) is 4.38. The number of likely N-dealkylation sites (N-methyl/N-ethyl adjacent to an activating group) is 2. The fraction of sp³-hybridized carbons (Fsp3) is 0.375. The molecule has 1 aliphatic carbocycles. The third-order valence-electron chi connectivity index (χ3n) is 8.35. The van der Waals surface area contributed by atoms with Crippen molar-refractivity contribution in [2.45, 2.75) is 57.8 Å². The molecular weight excluding hydrogens is 483 g/mol. The van der Waals surface area contributed by atoms with Crippen molar-refractivity contribution in [3.63, 3.8) is 0 Å². The first-order chi connectivity index (χ1) is 16.5. The van der Waals surface area contributed by atoms with Crippen LogP contribution in [0.15, 0.2) is 94.8 Å². The number of hydrogen-bond acceptors (Lipinski definition) is 1. The number of rotatable bonds is 3. The van der Waals surface area contributed by atoms with E-state index < -0.39 is 0 Å². The van der Waals surface area contributed by atoms with Crippen molar-refractivity contribution in [1.82, 2.24) is 4.48 Å². The number of allylic oxidation sites excluding steroid dienone is 7. The van der Waals surface area contributed by atoms with E-state index in [0.29, 0.717) is 0 Å². The van der Waals surface area contributed by atoms with Crippen LogP contribution >= 0.6 is 11.6 Å². The summed E-state index contributed by atoms with van der Waals surface area (Å²) in [5.41, 5.74) is 9.47. The number of benzene rings is 2. The monoisotopic (exact) mass is 520 g/mol. The zero-order valence-electron chi connectivity index (χ0n) is 22.4. The molecule has 2 aromatic rings. The maximum atomic E-state index is 7.03. The van der Waals surface area contributed by atoms with Gasteiger partial charge in [0.05, 0.1) is 13.6 Å². The summed E-state index contributed by atoms with van der Waals surface area (Å²) < 4.78 is 0.817. The molecule has 0 saturated carbocycles.